The van der Waals surface area contributed by atoms with Crippen LogP contribution in [0.1, 0.15) is 27.6 Å². The fourth-order valence-electron chi connectivity index (χ4n) is 1.78. The van der Waals surface area contributed by atoms with Gasteiger partial charge in [0, 0.05) is 12.7 Å². The van der Waals surface area contributed by atoms with E-state index in [0.29, 0.717) is 12.2 Å². The second kappa shape index (κ2) is 5.00. The lowest BCUT2D eigenvalue weighted by molar-refractivity contribution is 0.0941. The molecule has 1 amide bonds. The normalized spacial score (nSPS) is 10.4. The molecule has 0 radical (unpaired) electrons. The van der Waals surface area contributed by atoms with Gasteiger partial charge in [-0.15, -0.1) is 0 Å². The summed E-state index contributed by atoms with van der Waals surface area (Å²) in [4.78, 5) is 16.3. The van der Waals surface area contributed by atoms with Crippen molar-refractivity contribution in [2.24, 2.45) is 7.05 Å². The Morgan fingerprint density at radius 2 is 2.11 bits per heavy atom. The zero-order valence-corrected chi connectivity index (χ0v) is 10.8. The quantitative estimate of drug-likeness (QED) is 0.887. The van der Waals surface area contributed by atoms with Crippen LogP contribution in [0, 0.1) is 13.8 Å². The zero-order valence-electron chi connectivity index (χ0n) is 10.8. The molecule has 94 valence electrons. The van der Waals surface area contributed by atoms with Crippen LogP contribution in [0.2, 0.25) is 0 Å². The standard InChI is InChI=1S/C13H16N4O/c1-9-5-4-6-11(15-9)8-14-13(18)12-7-10(2)16-17(12)3/h4-7H,8H2,1-3H3,(H,14,18). The fourth-order valence-corrected chi connectivity index (χ4v) is 1.78. The topological polar surface area (TPSA) is 59.8 Å². The van der Waals surface area contributed by atoms with Gasteiger partial charge in [0.05, 0.1) is 17.9 Å². The van der Waals surface area contributed by atoms with Crippen LogP contribution in [0.25, 0.3) is 0 Å². The van der Waals surface area contributed by atoms with E-state index < -0.39 is 0 Å². The van der Waals surface area contributed by atoms with Gasteiger partial charge in [0.2, 0.25) is 0 Å². The summed E-state index contributed by atoms with van der Waals surface area (Å²) in [6.45, 7) is 4.21. The SMILES string of the molecule is Cc1cccc(CNC(=O)c2cc(C)nn2C)n1. The first kappa shape index (κ1) is 12.3. The van der Waals surface area contributed by atoms with Crippen molar-refractivity contribution in [2.75, 3.05) is 0 Å². The first-order valence-corrected chi connectivity index (χ1v) is 5.77. The number of aryl methyl sites for hydroxylation is 3. The first-order chi connectivity index (χ1) is 8.56. The Morgan fingerprint density at radius 1 is 1.33 bits per heavy atom. The van der Waals surface area contributed by atoms with Crippen LogP contribution in [-0.2, 0) is 13.6 Å². The highest BCUT2D eigenvalue weighted by Crippen LogP contribution is 2.03. The summed E-state index contributed by atoms with van der Waals surface area (Å²) in [5.74, 6) is -0.138. The number of hydrogen-bond donors (Lipinski definition) is 1. The maximum absolute atomic E-state index is 11.9. The molecule has 0 aliphatic heterocycles. The van der Waals surface area contributed by atoms with Crippen LogP contribution < -0.4 is 5.32 Å². The Labute approximate surface area is 106 Å². The van der Waals surface area contributed by atoms with Crippen molar-refractivity contribution in [3.63, 3.8) is 0 Å². The lowest BCUT2D eigenvalue weighted by Crippen LogP contribution is -2.25. The minimum absolute atomic E-state index is 0.138. The molecule has 2 aromatic rings. The summed E-state index contributed by atoms with van der Waals surface area (Å²) in [6, 6.07) is 7.51. The average Bonchev–Trinajstić information content (AvgIpc) is 2.66. The highest BCUT2D eigenvalue weighted by atomic mass is 16.2. The van der Waals surface area contributed by atoms with Gasteiger partial charge in [-0.3, -0.25) is 14.5 Å². The van der Waals surface area contributed by atoms with E-state index in [2.05, 4.69) is 15.4 Å². The third kappa shape index (κ3) is 2.74. The third-order valence-electron chi connectivity index (χ3n) is 2.61. The molecule has 0 atom stereocenters. The highest BCUT2D eigenvalue weighted by Gasteiger charge is 2.11. The number of carbonyl (C=O) groups excluding carboxylic acids is 1. The molecule has 0 bridgehead atoms. The van der Waals surface area contributed by atoms with Crippen molar-refractivity contribution in [1.82, 2.24) is 20.1 Å². The lowest BCUT2D eigenvalue weighted by Gasteiger charge is -2.05. The molecule has 5 heteroatoms. The molecule has 0 aliphatic rings. The molecule has 0 saturated carbocycles. The van der Waals surface area contributed by atoms with Gasteiger partial charge >= 0.3 is 0 Å². The molecule has 2 heterocycles. The number of aromatic nitrogens is 3. The summed E-state index contributed by atoms with van der Waals surface area (Å²) in [7, 11) is 1.76. The van der Waals surface area contributed by atoms with E-state index in [0.717, 1.165) is 17.1 Å². The van der Waals surface area contributed by atoms with Gasteiger partial charge in [0.15, 0.2) is 0 Å². The molecule has 0 aliphatic carbocycles. The average molecular weight is 244 g/mol. The molecule has 0 spiro atoms. The molecule has 1 N–H and O–H groups in total. The number of nitrogens with zero attached hydrogens (tertiary/aromatic N) is 3. The Hall–Kier alpha value is -2.17. The van der Waals surface area contributed by atoms with Gasteiger partial charge in [-0.1, -0.05) is 6.07 Å². The summed E-state index contributed by atoms with van der Waals surface area (Å²) in [5, 5.41) is 6.98. The maximum atomic E-state index is 11.9. The van der Waals surface area contributed by atoms with Gasteiger partial charge in [0.25, 0.3) is 5.91 Å². The Bertz CT molecular complexity index is 574. The number of hydrogen-bond acceptors (Lipinski definition) is 3. The Kier molecular flexibility index (Phi) is 3.41. The smallest absolute Gasteiger partial charge is 0.269 e. The van der Waals surface area contributed by atoms with Crippen LogP contribution in [0.3, 0.4) is 0 Å². The lowest BCUT2D eigenvalue weighted by atomic mass is 10.3. The van der Waals surface area contributed by atoms with Gasteiger partial charge < -0.3 is 5.32 Å². The number of amides is 1. The molecule has 5 nitrogen and oxygen atoms in total. The summed E-state index contributed by atoms with van der Waals surface area (Å²) in [6.07, 6.45) is 0. The number of rotatable bonds is 3. The number of nitrogens with one attached hydrogen (secondary N) is 1. The maximum Gasteiger partial charge on any atom is 0.269 e. The summed E-state index contributed by atoms with van der Waals surface area (Å²) < 4.78 is 1.58. The molecule has 0 fully saturated rings. The Balaban J connectivity index is 2.03. The summed E-state index contributed by atoms with van der Waals surface area (Å²) in [5.41, 5.74) is 3.18. The highest BCUT2D eigenvalue weighted by molar-refractivity contribution is 5.92. The van der Waals surface area contributed by atoms with Crippen molar-refractivity contribution >= 4 is 5.91 Å². The van der Waals surface area contributed by atoms with E-state index in [1.165, 1.54) is 0 Å². The number of carbonyl (C=O) groups is 1. The minimum atomic E-state index is -0.138. The second-order valence-electron chi connectivity index (χ2n) is 4.25. The predicted molar refractivity (Wildman–Crippen MR) is 68.1 cm³/mol. The van der Waals surface area contributed by atoms with Crippen LogP contribution >= 0.6 is 0 Å². The predicted octanol–water partition coefficient (Wildman–Crippen LogP) is 1.36. The van der Waals surface area contributed by atoms with Crippen LogP contribution in [0.5, 0.6) is 0 Å². The molecular formula is C13H16N4O. The molecule has 2 aromatic heterocycles. The van der Waals surface area contributed by atoms with E-state index in [-0.39, 0.29) is 5.91 Å². The van der Waals surface area contributed by atoms with Crippen molar-refractivity contribution in [3.8, 4) is 0 Å². The molecule has 2 rings (SSSR count). The first-order valence-electron chi connectivity index (χ1n) is 5.77. The largest absolute Gasteiger partial charge is 0.345 e. The molecule has 0 aromatic carbocycles. The van der Waals surface area contributed by atoms with Gasteiger partial charge in [-0.05, 0) is 32.0 Å². The monoisotopic (exact) mass is 244 g/mol. The van der Waals surface area contributed by atoms with Crippen molar-refractivity contribution in [3.05, 3.63) is 47.0 Å². The fraction of sp³-hybridized carbons (Fsp3) is 0.308. The van der Waals surface area contributed by atoms with E-state index in [9.17, 15) is 4.79 Å². The second-order valence-corrected chi connectivity index (χ2v) is 4.25. The van der Waals surface area contributed by atoms with Gasteiger partial charge in [-0.2, -0.15) is 5.10 Å². The van der Waals surface area contributed by atoms with Crippen molar-refractivity contribution in [1.29, 1.82) is 0 Å². The van der Waals surface area contributed by atoms with Crippen molar-refractivity contribution < 1.29 is 4.79 Å². The minimum Gasteiger partial charge on any atom is -0.345 e. The summed E-state index contributed by atoms with van der Waals surface area (Å²) >= 11 is 0. The third-order valence-corrected chi connectivity index (χ3v) is 2.61. The molecular weight excluding hydrogens is 228 g/mol. The van der Waals surface area contributed by atoms with E-state index in [1.807, 2.05) is 32.0 Å². The molecule has 0 saturated heterocycles. The van der Waals surface area contributed by atoms with Gasteiger partial charge in [0.1, 0.15) is 5.69 Å². The van der Waals surface area contributed by atoms with Crippen molar-refractivity contribution in [2.45, 2.75) is 20.4 Å². The van der Waals surface area contributed by atoms with Crippen LogP contribution in [0.15, 0.2) is 24.3 Å². The van der Waals surface area contributed by atoms with E-state index in [4.69, 9.17) is 0 Å². The van der Waals surface area contributed by atoms with Crippen LogP contribution in [-0.4, -0.2) is 20.7 Å². The zero-order chi connectivity index (χ0) is 13.1. The van der Waals surface area contributed by atoms with Crippen LogP contribution in [0.4, 0.5) is 0 Å². The van der Waals surface area contributed by atoms with E-state index >= 15 is 0 Å². The Morgan fingerprint density at radius 3 is 2.72 bits per heavy atom. The van der Waals surface area contributed by atoms with Gasteiger partial charge in [-0.25, -0.2) is 0 Å². The number of pyridine rings is 1. The molecule has 18 heavy (non-hydrogen) atoms. The molecule has 0 unspecified atom stereocenters. The van der Waals surface area contributed by atoms with E-state index in [1.54, 1.807) is 17.8 Å².